The molecule has 6 heteroatoms. The van der Waals surface area contributed by atoms with Gasteiger partial charge in [0.1, 0.15) is 12.0 Å². The van der Waals surface area contributed by atoms with E-state index in [2.05, 4.69) is 18.9 Å². The summed E-state index contributed by atoms with van der Waals surface area (Å²) < 4.78 is 17.0. The number of esters is 1. The maximum atomic E-state index is 11.7. The van der Waals surface area contributed by atoms with Gasteiger partial charge >= 0.3 is 5.97 Å². The maximum absolute atomic E-state index is 11.7. The van der Waals surface area contributed by atoms with Crippen LogP contribution in [0, 0.1) is 6.92 Å². The maximum Gasteiger partial charge on any atom is 0.377 e. The Labute approximate surface area is 141 Å². The fraction of sp³-hybridized carbons (Fsp3) is 0.333. The van der Waals surface area contributed by atoms with Gasteiger partial charge in [-0.15, -0.1) is 0 Å². The van der Waals surface area contributed by atoms with Gasteiger partial charge in [0.15, 0.2) is 0 Å². The lowest BCUT2D eigenvalue weighted by Gasteiger charge is -2.12. The highest BCUT2D eigenvalue weighted by Gasteiger charge is 2.15. The number of aromatic nitrogens is 2. The predicted octanol–water partition coefficient (Wildman–Crippen LogP) is 3.34. The lowest BCUT2D eigenvalue weighted by atomic mass is 10.1. The molecule has 0 aliphatic carbocycles. The van der Waals surface area contributed by atoms with Crippen molar-refractivity contribution in [3.63, 3.8) is 0 Å². The van der Waals surface area contributed by atoms with Crippen LogP contribution in [-0.2, 0) is 14.3 Å². The third-order valence-corrected chi connectivity index (χ3v) is 3.47. The summed E-state index contributed by atoms with van der Waals surface area (Å²) in [5.41, 5.74) is 2.72. The predicted molar refractivity (Wildman–Crippen MR) is 90.1 cm³/mol. The molecular weight excluding hydrogens is 308 g/mol. The van der Waals surface area contributed by atoms with E-state index in [1.165, 1.54) is 20.5 Å². The van der Waals surface area contributed by atoms with E-state index < -0.39 is 5.97 Å². The van der Waals surface area contributed by atoms with Gasteiger partial charge in [0.05, 0.1) is 25.6 Å². The number of methoxy groups -OCH3 is 2. The summed E-state index contributed by atoms with van der Waals surface area (Å²) in [6.07, 6.45) is 3.11. The molecule has 2 aromatic rings. The Morgan fingerprint density at radius 1 is 1.25 bits per heavy atom. The quantitative estimate of drug-likeness (QED) is 0.462. The van der Waals surface area contributed by atoms with Gasteiger partial charge in [-0.05, 0) is 30.5 Å². The van der Waals surface area contributed by atoms with Gasteiger partial charge in [-0.1, -0.05) is 19.9 Å². The molecule has 0 radical (unpaired) electrons. The summed E-state index contributed by atoms with van der Waals surface area (Å²) in [7, 11) is 2.72. The van der Waals surface area contributed by atoms with Crippen molar-refractivity contribution in [2.75, 3.05) is 14.2 Å². The number of benzene rings is 1. The summed E-state index contributed by atoms with van der Waals surface area (Å²) in [5, 5.41) is 4.55. The van der Waals surface area contributed by atoms with Crippen LogP contribution in [0.4, 0.5) is 0 Å². The average Bonchev–Trinajstić information content (AvgIpc) is 3.06. The summed E-state index contributed by atoms with van der Waals surface area (Å²) >= 11 is 0. The summed E-state index contributed by atoms with van der Waals surface area (Å²) in [4.78, 5) is 11.7. The molecule has 1 aromatic carbocycles. The van der Waals surface area contributed by atoms with Crippen molar-refractivity contribution >= 4 is 5.97 Å². The van der Waals surface area contributed by atoms with E-state index in [1.807, 2.05) is 37.4 Å². The fourth-order valence-corrected chi connectivity index (χ4v) is 2.07. The number of carbonyl (C=O) groups is 1. The topological polar surface area (TPSA) is 62.6 Å². The molecule has 1 aromatic heterocycles. The molecule has 2 rings (SSSR count). The van der Waals surface area contributed by atoms with Crippen LogP contribution in [0.25, 0.3) is 5.69 Å². The van der Waals surface area contributed by atoms with Crippen LogP contribution in [0.3, 0.4) is 0 Å². The molecule has 1 heterocycles. The van der Waals surface area contributed by atoms with Crippen molar-refractivity contribution in [2.24, 2.45) is 0 Å². The molecule has 0 spiro atoms. The van der Waals surface area contributed by atoms with Crippen LogP contribution in [0.2, 0.25) is 0 Å². The minimum Gasteiger partial charge on any atom is -0.500 e. The number of ether oxygens (including phenoxy) is 3. The molecule has 0 amide bonds. The molecule has 0 aliphatic rings. The number of nitrogens with zero attached hydrogens (tertiary/aromatic N) is 2. The zero-order valence-corrected chi connectivity index (χ0v) is 14.6. The molecule has 0 saturated carbocycles. The number of hydrogen-bond acceptors (Lipinski definition) is 5. The summed E-state index contributed by atoms with van der Waals surface area (Å²) in [5.74, 6) is 0.247. The molecule has 24 heavy (non-hydrogen) atoms. The van der Waals surface area contributed by atoms with E-state index in [0.29, 0.717) is 11.7 Å². The van der Waals surface area contributed by atoms with Gasteiger partial charge in [-0.3, -0.25) is 0 Å². The number of carbonyl (C=O) groups excluding carboxylic acids is 1. The van der Waals surface area contributed by atoms with Crippen molar-refractivity contribution in [3.8, 4) is 11.4 Å². The monoisotopic (exact) mass is 330 g/mol. The van der Waals surface area contributed by atoms with Crippen LogP contribution in [0.1, 0.15) is 31.0 Å². The Hall–Kier alpha value is -2.76. The standard InChI is InChI=1S/C18H22N2O4/c1-12(2)15-8-9-20(19-15)14-7-6-13(3)16(10-14)24-17(11-22-4)18(21)23-5/h6-12H,1-5H3/b17-11-. The van der Waals surface area contributed by atoms with E-state index in [0.717, 1.165) is 16.9 Å². The van der Waals surface area contributed by atoms with E-state index in [-0.39, 0.29) is 5.76 Å². The molecule has 0 saturated heterocycles. The Morgan fingerprint density at radius 2 is 2.00 bits per heavy atom. The molecule has 6 nitrogen and oxygen atoms in total. The van der Waals surface area contributed by atoms with Crippen LogP contribution in [-0.4, -0.2) is 30.0 Å². The first kappa shape index (κ1) is 17.6. The highest BCUT2D eigenvalue weighted by atomic mass is 16.6. The molecule has 0 unspecified atom stereocenters. The van der Waals surface area contributed by atoms with Gasteiger partial charge in [0.25, 0.3) is 0 Å². The smallest absolute Gasteiger partial charge is 0.377 e. The van der Waals surface area contributed by atoms with Crippen molar-refractivity contribution in [1.29, 1.82) is 0 Å². The minimum atomic E-state index is -0.608. The molecule has 0 atom stereocenters. The lowest BCUT2D eigenvalue weighted by molar-refractivity contribution is -0.138. The van der Waals surface area contributed by atoms with E-state index in [9.17, 15) is 4.79 Å². The Balaban J connectivity index is 2.34. The second-order valence-electron chi connectivity index (χ2n) is 5.60. The third kappa shape index (κ3) is 3.95. The second kappa shape index (κ2) is 7.68. The minimum absolute atomic E-state index is 0.0245. The molecule has 128 valence electrons. The van der Waals surface area contributed by atoms with Crippen LogP contribution < -0.4 is 4.74 Å². The van der Waals surface area contributed by atoms with Gasteiger partial charge < -0.3 is 14.2 Å². The van der Waals surface area contributed by atoms with Crippen LogP contribution >= 0.6 is 0 Å². The summed E-state index contributed by atoms with van der Waals surface area (Å²) in [6, 6.07) is 7.65. The highest BCUT2D eigenvalue weighted by molar-refractivity contribution is 5.86. The Bertz CT molecular complexity index is 747. The van der Waals surface area contributed by atoms with E-state index in [4.69, 9.17) is 14.2 Å². The van der Waals surface area contributed by atoms with Crippen LogP contribution in [0.15, 0.2) is 42.5 Å². The molecule has 0 bridgehead atoms. The zero-order chi connectivity index (χ0) is 17.7. The highest BCUT2D eigenvalue weighted by Crippen LogP contribution is 2.24. The lowest BCUT2D eigenvalue weighted by Crippen LogP contribution is -2.12. The van der Waals surface area contributed by atoms with Crippen LogP contribution in [0.5, 0.6) is 5.75 Å². The first-order valence-electron chi connectivity index (χ1n) is 7.62. The second-order valence-corrected chi connectivity index (χ2v) is 5.60. The van der Waals surface area contributed by atoms with Gasteiger partial charge in [0, 0.05) is 12.3 Å². The first-order chi connectivity index (χ1) is 11.5. The van der Waals surface area contributed by atoms with Crippen molar-refractivity contribution in [1.82, 2.24) is 9.78 Å². The molecule has 0 aliphatic heterocycles. The third-order valence-electron chi connectivity index (χ3n) is 3.47. The van der Waals surface area contributed by atoms with Crippen molar-refractivity contribution in [3.05, 3.63) is 53.7 Å². The van der Waals surface area contributed by atoms with Crippen molar-refractivity contribution in [2.45, 2.75) is 26.7 Å². The number of hydrogen-bond donors (Lipinski definition) is 0. The van der Waals surface area contributed by atoms with Gasteiger partial charge in [-0.2, -0.15) is 5.10 Å². The van der Waals surface area contributed by atoms with Gasteiger partial charge in [-0.25, -0.2) is 9.48 Å². The van der Waals surface area contributed by atoms with Gasteiger partial charge in [0.2, 0.25) is 5.76 Å². The fourth-order valence-electron chi connectivity index (χ4n) is 2.07. The van der Waals surface area contributed by atoms with E-state index >= 15 is 0 Å². The molecule has 0 fully saturated rings. The number of rotatable bonds is 6. The molecular formula is C18H22N2O4. The molecule has 0 N–H and O–H groups in total. The Kier molecular flexibility index (Phi) is 5.63. The average molecular weight is 330 g/mol. The SMILES string of the molecule is CO/C=C(\Oc1cc(-n2ccc(C(C)C)n2)ccc1C)C(=O)OC. The largest absolute Gasteiger partial charge is 0.500 e. The van der Waals surface area contributed by atoms with E-state index in [1.54, 1.807) is 4.68 Å². The normalized spacial score (nSPS) is 11.5. The Morgan fingerprint density at radius 3 is 2.58 bits per heavy atom. The van der Waals surface area contributed by atoms with Crippen molar-refractivity contribution < 1.29 is 19.0 Å². The number of aryl methyl sites for hydroxylation is 1. The zero-order valence-electron chi connectivity index (χ0n) is 14.6. The first-order valence-corrected chi connectivity index (χ1v) is 7.62. The summed E-state index contributed by atoms with van der Waals surface area (Å²) in [6.45, 7) is 6.08.